The van der Waals surface area contributed by atoms with E-state index in [1.807, 2.05) is 5.39 Å². The Balaban J connectivity index is 0. The van der Waals surface area contributed by atoms with Crippen LogP contribution in [0.4, 0.5) is 0 Å². The third kappa shape index (κ3) is 1.98. The second kappa shape index (κ2) is 2.98. The van der Waals surface area contributed by atoms with E-state index in [1.165, 1.54) is 0 Å². The molecule has 28 valence electrons. The van der Waals surface area contributed by atoms with Crippen LogP contribution >= 0.6 is 0 Å². The summed E-state index contributed by atoms with van der Waals surface area (Å²) in [6.07, 6.45) is 0. The van der Waals surface area contributed by atoms with Gasteiger partial charge in [0.15, 0.2) is 7.98 Å². The molecule has 2 N–H and O–H groups in total. The van der Waals surface area contributed by atoms with Crippen LogP contribution in [0.3, 0.4) is 0 Å². The van der Waals surface area contributed by atoms with Gasteiger partial charge in [0, 0.05) is 1.43 Å². The van der Waals surface area contributed by atoms with Crippen LogP contribution in [0.2, 0.25) is 0 Å². The van der Waals surface area contributed by atoms with Crippen molar-refractivity contribution in [3.05, 3.63) is 0 Å². The third-order valence-corrected chi connectivity index (χ3v) is 0. The molecule has 0 fully saturated rings. The second-order valence-electron chi connectivity index (χ2n) is 0.236. The molecule has 0 aromatic rings. The van der Waals surface area contributed by atoms with Crippen molar-refractivity contribution in [2.45, 2.75) is 0 Å². The first-order valence-corrected chi connectivity index (χ1v) is 0.644. The van der Waals surface area contributed by atoms with Crippen LogP contribution in [0, 0.1) is 0 Å². The van der Waals surface area contributed by atoms with Crippen molar-refractivity contribution in [3.63, 3.8) is 0 Å². The number of rotatable bonds is 1. The maximum atomic E-state index is 4.53. The molecule has 0 aromatic carbocycles. The van der Waals surface area contributed by atoms with Crippen molar-refractivity contribution < 1.29 is 11.7 Å². The minimum absolute atomic E-state index is 0. The van der Waals surface area contributed by atoms with E-state index in [9.17, 15) is 0 Å². The minimum Gasteiger partial charge on any atom is -0.390 e. The summed E-state index contributed by atoms with van der Waals surface area (Å²) in [4.78, 5) is 4.53. The zero-order valence-corrected chi connectivity index (χ0v) is 1.99. The van der Waals surface area contributed by atoms with E-state index in [2.05, 4.69) is 4.84 Å². The van der Waals surface area contributed by atoms with Crippen LogP contribution in [0.25, 0.3) is 0 Å². The van der Waals surface area contributed by atoms with E-state index in [1.54, 1.807) is 7.11 Å². The molecule has 0 bridgehead atoms. The quantitative estimate of drug-likeness (QED) is 0.268. The van der Waals surface area contributed by atoms with E-state index >= 15 is 0 Å². The summed E-state index contributed by atoms with van der Waals surface area (Å²) in [7, 11) is 2.10. The lowest BCUT2D eigenvalue weighted by Gasteiger charge is -1.83. The highest BCUT2D eigenvalue weighted by atomic mass is 16.6. The van der Waals surface area contributed by atoms with Crippen molar-refractivity contribution in [1.29, 1.82) is 0 Å². The predicted octanol–water partition coefficient (Wildman–Crippen LogP) is -2.36. The van der Waals surface area contributed by atoms with Gasteiger partial charge in [0.05, 0.1) is 7.11 Å². The lowest BCUT2D eigenvalue weighted by molar-refractivity contribution is -0.783. The molecule has 0 spiro atoms. The molecule has 0 aliphatic rings. The van der Waals surface area contributed by atoms with E-state index in [0.29, 0.717) is 7.98 Å². The molecule has 4 heavy (non-hydrogen) atoms. The fourth-order valence-corrected chi connectivity index (χ4v) is 0. The van der Waals surface area contributed by atoms with Gasteiger partial charge in [-0.15, -0.1) is 0 Å². The minimum atomic E-state index is 0. The Kier molecular flexibility index (Phi) is 2.97. The molecule has 0 radical (unpaired) electrons. The number of hydrogen-bond donors (Lipinski definition) is 1. The van der Waals surface area contributed by atoms with Gasteiger partial charge in [-0.3, -0.25) is 4.84 Å². The summed E-state index contributed by atoms with van der Waals surface area (Å²) in [5.41, 5.74) is 0. The van der Waals surface area contributed by atoms with E-state index < -0.39 is 0 Å². The van der Waals surface area contributed by atoms with Crippen molar-refractivity contribution in [1.82, 2.24) is 0 Å². The van der Waals surface area contributed by atoms with Crippen LogP contribution in [0.15, 0.2) is 0 Å². The fourth-order valence-electron chi connectivity index (χ4n) is 0. The Morgan fingerprint density at radius 2 is 2.50 bits per heavy atom. The largest absolute Gasteiger partial charge is 0.390 e. The molecule has 0 aromatic heterocycles. The highest BCUT2D eigenvalue weighted by molar-refractivity contribution is 5.93. The first-order valence-electron chi connectivity index (χ1n) is 0.644. The van der Waals surface area contributed by atoms with Gasteiger partial charge in [-0.05, 0) is 0 Å². The van der Waals surface area contributed by atoms with Gasteiger partial charge < -0.3 is 5.39 Å². The Morgan fingerprint density at radius 1 is 2.25 bits per heavy atom. The predicted molar refractivity (Wildman–Crippen MR) is 21.0 cm³/mol. The zero-order valence-electron chi connectivity index (χ0n) is 1.99. The van der Waals surface area contributed by atoms with Crippen molar-refractivity contribution in [2.75, 3.05) is 7.11 Å². The molecule has 0 aliphatic heterocycles. The summed E-state index contributed by atoms with van der Waals surface area (Å²) >= 11 is 0. The topological polar surface area (TPSA) is 25.8 Å². The molecule has 0 saturated carbocycles. The molecule has 0 saturated heterocycles. The second-order valence-corrected chi connectivity index (χ2v) is 0.236. The molecular formula is CH10BNO. The summed E-state index contributed by atoms with van der Waals surface area (Å²) < 4.78 is 0. The van der Waals surface area contributed by atoms with Crippen molar-refractivity contribution in [2.24, 2.45) is 0 Å². The van der Waals surface area contributed by atoms with Crippen LogP contribution in [-0.4, -0.2) is 15.1 Å². The van der Waals surface area contributed by atoms with E-state index in [0.717, 1.165) is 0 Å². The molecule has 0 atom stereocenters. The molecule has 0 amide bonds. The lowest BCUT2D eigenvalue weighted by Crippen LogP contribution is -2.79. The maximum Gasteiger partial charge on any atom is 0.196 e. The van der Waals surface area contributed by atoms with Gasteiger partial charge in [0.25, 0.3) is 0 Å². The number of hydrogen-bond acceptors (Lipinski definition) is 1. The molecule has 0 unspecified atom stereocenters. The summed E-state index contributed by atoms with van der Waals surface area (Å²) in [5.74, 6) is 0. The SMILES string of the molecule is [2HH].[BH3-][NH2+]OC. The Hall–Kier alpha value is -0.0151. The summed E-state index contributed by atoms with van der Waals surface area (Å²) in [5, 5.41) is 1.88. The van der Waals surface area contributed by atoms with Crippen LogP contribution < -0.4 is 5.39 Å². The Bertz CT molecular complexity index is 13.6. The van der Waals surface area contributed by atoms with Crippen LogP contribution in [-0.2, 0) is 4.84 Å². The summed E-state index contributed by atoms with van der Waals surface area (Å²) in [6, 6.07) is 0. The standard InChI is InChI=1S/CH8BNO.H2/c1-4-3-2;/h3H2,1-2H3;1H/i;1+1. The molecule has 2 nitrogen and oxygen atoms in total. The summed E-state index contributed by atoms with van der Waals surface area (Å²) in [6.45, 7) is 0. The van der Waals surface area contributed by atoms with Gasteiger partial charge >= 0.3 is 0 Å². The Labute approximate surface area is 28.0 Å². The third-order valence-electron chi connectivity index (χ3n) is 0. The molecule has 3 heteroatoms. The van der Waals surface area contributed by atoms with Crippen LogP contribution in [0.5, 0.6) is 0 Å². The van der Waals surface area contributed by atoms with Crippen LogP contribution in [0.1, 0.15) is 1.43 Å². The smallest absolute Gasteiger partial charge is 0.196 e. The van der Waals surface area contributed by atoms with Crippen molar-refractivity contribution >= 4 is 7.98 Å². The molecule has 0 heterocycles. The van der Waals surface area contributed by atoms with E-state index in [4.69, 9.17) is 0 Å². The van der Waals surface area contributed by atoms with Crippen molar-refractivity contribution in [3.8, 4) is 0 Å². The number of nitrogens with two attached hydrogens (primary N) is 1. The van der Waals surface area contributed by atoms with Gasteiger partial charge in [0.1, 0.15) is 0 Å². The Morgan fingerprint density at radius 3 is 2.50 bits per heavy atom. The molecule has 0 rings (SSSR count). The van der Waals surface area contributed by atoms with Gasteiger partial charge in [-0.25, -0.2) is 0 Å². The lowest BCUT2D eigenvalue weighted by atomic mass is 10.5. The van der Waals surface area contributed by atoms with E-state index in [-0.39, 0.29) is 1.43 Å². The van der Waals surface area contributed by atoms with Gasteiger partial charge in [-0.2, -0.15) is 0 Å². The maximum absolute atomic E-state index is 4.53. The van der Waals surface area contributed by atoms with Gasteiger partial charge in [-0.1, -0.05) is 0 Å². The average Bonchev–Trinajstić information content (AvgIpc) is 1.37. The molecule has 0 aliphatic carbocycles. The normalized spacial score (nSPS) is 7.50. The monoisotopic (exact) mass is 64.1 g/mol. The van der Waals surface area contributed by atoms with Gasteiger partial charge in [0.2, 0.25) is 0 Å². The average molecular weight is 63.9 g/mol. The highest BCUT2D eigenvalue weighted by Crippen LogP contribution is 1.11. The first-order chi connectivity index (χ1) is 1.91. The zero-order chi connectivity index (χ0) is 3.41. The molecular weight excluding hydrogens is 52.8 g/mol. The fraction of sp³-hybridized carbons (Fsp3) is 1.00. The number of quaternary nitrogens is 1. The first kappa shape index (κ1) is 3.98. The highest BCUT2D eigenvalue weighted by Gasteiger charge is 1.45.